The molecular formula is C28H33N5O3. The highest BCUT2D eigenvalue weighted by molar-refractivity contribution is 5.98. The van der Waals surface area contributed by atoms with Crippen molar-refractivity contribution in [3.8, 4) is 11.4 Å². The predicted molar refractivity (Wildman–Crippen MR) is 138 cm³/mol. The first kappa shape index (κ1) is 25.2. The molecule has 188 valence electrons. The van der Waals surface area contributed by atoms with Gasteiger partial charge in [0.2, 0.25) is 11.8 Å². The van der Waals surface area contributed by atoms with Gasteiger partial charge in [-0.1, -0.05) is 81.4 Å². The maximum Gasteiger partial charge on any atom is 0.272 e. The second-order valence-corrected chi connectivity index (χ2v) is 10.1. The number of benzene rings is 2. The Kier molecular flexibility index (Phi) is 7.24. The van der Waals surface area contributed by atoms with E-state index in [1.54, 1.807) is 11.9 Å². The van der Waals surface area contributed by atoms with Gasteiger partial charge in [0.15, 0.2) is 5.69 Å². The highest BCUT2D eigenvalue weighted by Gasteiger charge is 2.35. The van der Waals surface area contributed by atoms with Crippen molar-refractivity contribution in [1.29, 1.82) is 0 Å². The molecule has 0 spiro atoms. The van der Waals surface area contributed by atoms with Crippen molar-refractivity contribution in [2.45, 2.75) is 46.3 Å². The van der Waals surface area contributed by atoms with Crippen LogP contribution < -0.4 is 10.6 Å². The molecule has 0 fully saturated rings. The van der Waals surface area contributed by atoms with Gasteiger partial charge in [-0.15, -0.1) is 0 Å². The van der Waals surface area contributed by atoms with Crippen molar-refractivity contribution < 1.29 is 14.4 Å². The Morgan fingerprint density at radius 2 is 1.61 bits per heavy atom. The molecule has 0 saturated carbocycles. The van der Waals surface area contributed by atoms with E-state index in [0.29, 0.717) is 31.0 Å². The molecule has 1 aliphatic heterocycles. The summed E-state index contributed by atoms with van der Waals surface area (Å²) in [6, 6.07) is 18.6. The second kappa shape index (κ2) is 10.4. The van der Waals surface area contributed by atoms with Gasteiger partial charge in [0.25, 0.3) is 5.91 Å². The predicted octanol–water partition coefficient (Wildman–Crippen LogP) is 3.03. The third kappa shape index (κ3) is 5.32. The van der Waals surface area contributed by atoms with Gasteiger partial charge in [0.05, 0.1) is 18.7 Å². The molecule has 2 N–H and O–H groups in total. The number of fused-ring (bicyclic) bond motifs is 1. The molecule has 8 heteroatoms. The quantitative estimate of drug-likeness (QED) is 0.559. The van der Waals surface area contributed by atoms with Gasteiger partial charge in [-0.2, -0.15) is 0 Å². The third-order valence-electron chi connectivity index (χ3n) is 6.45. The molecule has 0 bridgehead atoms. The Balaban J connectivity index is 1.67. The molecule has 0 unspecified atom stereocenters. The van der Waals surface area contributed by atoms with Crippen LogP contribution in [0.3, 0.4) is 0 Å². The molecule has 2 aromatic carbocycles. The van der Waals surface area contributed by atoms with Crippen LogP contribution in [0.2, 0.25) is 0 Å². The monoisotopic (exact) mass is 487 g/mol. The average molecular weight is 488 g/mol. The highest BCUT2D eigenvalue weighted by Crippen LogP contribution is 2.28. The number of nitrogens with zero attached hydrogens (tertiary/aromatic N) is 3. The van der Waals surface area contributed by atoms with E-state index in [4.69, 9.17) is 4.98 Å². The number of rotatable bonds is 6. The van der Waals surface area contributed by atoms with Gasteiger partial charge in [-0.05, 0) is 11.0 Å². The first-order valence-corrected chi connectivity index (χ1v) is 12.2. The number of amides is 3. The lowest BCUT2D eigenvalue weighted by atomic mass is 9.86. The van der Waals surface area contributed by atoms with Gasteiger partial charge in [0.1, 0.15) is 11.9 Å². The largest absolute Gasteiger partial charge is 0.357 e. The van der Waals surface area contributed by atoms with Gasteiger partial charge >= 0.3 is 0 Å². The summed E-state index contributed by atoms with van der Waals surface area (Å²) in [7, 11) is 1.55. The van der Waals surface area contributed by atoms with E-state index in [0.717, 1.165) is 11.1 Å². The summed E-state index contributed by atoms with van der Waals surface area (Å²) in [5.74, 6) is -0.0222. The van der Waals surface area contributed by atoms with Crippen LogP contribution in [0.4, 0.5) is 0 Å². The minimum absolute atomic E-state index is 0.000743. The van der Waals surface area contributed by atoms with Crippen LogP contribution in [-0.4, -0.2) is 51.8 Å². The van der Waals surface area contributed by atoms with Crippen LogP contribution in [0, 0.1) is 5.41 Å². The number of nitrogens with one attached hydrogen (secondary N) is 2. The topological polar surface area (TPSA) is 96.3 Å². The van der Waals surface area contributed by atoms with Gasteiger partial charge in [0, 0.05) is 25.7 Å². The lowest BCUT2D eigenvalue weighted by molar-refractivity contribution is -0.132. The standard InChI is InChI=1S/C28H33N5O3/c1-28(2,3)24(27(36)29-4)31-26(35)23-21-18-32(22(34)17-19-11-7-5-8-12-19)15-16-33(21)25(30-23)20-13-9-6-10-14-20/h5-14,24H,15-18H2,1-4H3,(H,29,36)(H,31,35)/t24-/m1/s1. The van der Waals surface area contributed by atoms with E-state index in [2.05, 4.69) is 10.6 Å². The number of imidazole rings is 1. The zero-order valence-corrected chi connectivity index (χ0v) is 21.2. The van der Waals surface area contributed by atoms with E-state index in [-0.39, 0.29) is 24.1 Å². The highest BCUT2D eigenvalue weighted by atomic mass is 16.2. The van der Waals surface area contributed by atoms with Gasteiger partial charge < -0.3 is 20.1 Å². The molecule has 0 saturated heterocycles. The Morgan fingerprint density at radius 3 is 2.22 bits per heavy atom. The molecule has 0 aliphatic carbocycles. The summed E-state index contributed by atoms with van der Waals surface area (Å²) in [6.07, 6.45) is 0.296. The summed E-state index contributed by atoms with van der Waals surface area (Å²) in [5.41, 5.74) is 2.24. The number of hydrogen-bond acceptors (Lipinski definition) is 4. The van der Waals surface area contributed by atoms with E-state index < -0.39 is 17.4 Å². The van der Waals surface area contributed by atoms with Crippen LogP contribution in [0.25, 0.3) is 11.4 Å². The van der Waals surface area contributed by atoms with Crippen LogP contribution in [0.1, 0.15) is 42.5 Å². The Hall–Kier alpha value is -3.94. The maximum atomic E-state index is 13.5. The molecule has 3 aromatic rings. The maximum absolute atomic E-state index is 13.5. The molecule has 1 aliphatic rings. The SMILES string of the molecule is CNC(=O)[C@@H](NC(=O)c1nc(-c2ccccc2)n2c1CN(C(=O)Cc1ccccc1)CC2)C(C)(C)C. The smallest absolute Gasteiger partial charge is 0.272 e. The number of carbonyl (C=O) groups excluding carboxylic acids is 3. The van der Waals surface area contributed by atoms with Gasteiger partial charge in [-0.3, -0.25) is 14.4 Å². The van der Waals surface area contributed by atoms with Crippen molar-refractivity contribution in [2.24, 2.45) is 5.41 Å². The van der Waals surface area contributed by atoms with Crippen LogP contribution in [-0.2, 0) is 29.1 Å². The number of likely N-dealkylation sites (N-methyl/N-ethyl adjacent to an activating group) is 1. The fourth-order valence-corrected chi connectivity index (χ4v) is 4.47. The van der Waals surface area contributed by atoms with Crippen LogP contribution >= 0.6 is 0 Å². The molecule has 4 rings (SSSR count). The van der Waals surface area contributed by atoms with E-state index in [1.807, 2.05) is 86.0 Å². The number of hydrogen-bond donors (Lipinski definition) is 2. The third-order valence-corrected chi connectivity index (χ3v) is 6.45. The Bertz CT molecular complexity index is 1250. The normalized spacial score (nSPS) is 14.1. The van der Waals surface area contributed by atoms with E-state index in [9.17, 15) is 14.4 Å². The fraction of sp³-hybridized carbons (Fsp3) is 0.357. The van der Waals surface area contributed by atoms with E-state index >= 15 is 0 Å². The van der Waals surface area contributed by atoms with Crippen molar-refractivity contribution in [3.63, 3.8) is 0 Å². The Morgan fingerprint density at radius 1 is 0.972 bits per heavy atom. The van der Waals surface area contributed by atoms with Crippen molar-refractivity contribution in [1.82, 2.24) is 25.1 Å². The summed E-state index contributed by atoms with van der Waals surface area (Å²) in [4.78, 5) is 45.7. The summed E-state index contributed by atoms with van der Waals surface area (Å²) in [6.45, 7) is 7.02. The number of aromatic nitrogens is 2. The number of carbonyl (C=O) groups is 3. The molecule has 3 amide bonds. The van der Waals surface area contributed by atoms with Crippen LogP contribution in [0.15, 0.2) is 60.7 Å². The van der Waals surface area contributed by atoms with Crippen LogP contribution in [0.5, 0.6) is 0 Å². The zero-order chi connectivity index (χ0) is 25.9. The molecule has 0 radical (unpaired) electrons. The molecule has 1 atom stereocenters. The lowest BCUT2D eigenvalue weighted by Crippen LogP contribution is -2.53. The first-order chi connectivity index (χ1) is 17.2. The average Bonchev–Trinajstić information content (AvgIpc) is 3.26. The Labute approximate surface area is 211 Å². The molecule has 1 aromatic heterocycles. The minimum Gasteiger partial charge on any atom is -0.357 e. The second-order valence-electron chi connectivity index (χ2n) is 10.1. The first-order valence-electron chi connectivity index (χ1n) is 12.2. The molecular weight excluding hydrogens is 454 g/mol. The minimum atomic E-state index is -0.744. The summed E-state index contributed by atoms with van der Waals surface area (Å²) in [5, 5.41) is 5.53. The van der Waals surface area contributed by atoms with E-state index in [1.165, 1.54) is 0 Å². The van der Waals surface area contributed by atoms with Crippen molar-refractivity contribution in [3.05, 3.63) is 77.6 Å². The summed E-state index contributed by atoms with van der Waals surface area (Å²) >= 11 is 0. The molecule has 8 nitrogen and oxygen atoms in total. The van der Waals surface area contributed by atoms with Crippen molar-refractivity contribution >= 4 is 17.7 Å². The zero-order valence-electron chi connectivity index (χ0n) is 21.2. The fourth-order valence-electron chi connectivity index (χ4n) is 4.47. The van der Waals surface area contributed by atoms with Crippen molar-refractivity contribution in [2.75, 3.05) is 13.6 Å². The van der Waals surface area contributed by atoms with Gasteiger partial charge in [-0.25, -0.2) is 4.98 Å². The summed E-state index contributed by atoms with van der Waals surface area (Å²) < 4.78 is 2.02. The molecule has 2 heterocycles. The molecule has 36 heavy (non-hydrogen) atoms. The lowest BCUT2D eigenvalue weighted by Gasteiger charge is -2.31.